The first-order chi connectivity index (χ1) is 12.8. The van der Waals surface area contributed by atoms with Gasteiger partial charge in [-0.1, -0.05) is 0 Å². The summed E-state index contributed by atoms with van der Waals surface area (Å²) in [6.07, 6.45) is 5.86. The van der Waals surface area contributed by atoms with Crippen LogP contribution in [0, 0.1) is 0 Å². The first kappa shape index (κ1) is 15.7. The molecule has 5 rings (SSSR count). The SMILES string of the molecule is O=C(Nc1nccs1)N1CCC(c2nnc3ccc(C4CC4)nn23)CC1. The first-order valence-electron chi connectivity index (χ1n) is 8.95. The highest BCUT2D eigenvalue weighted by atomic mass is 32.1. The number of nitrogens with one attached hydrogen (secondary N) is 1. The number of thiazole rings is 1. The highest BCUT2D eigenvalue weighted by Crippen LogP contribution is 2.39. The molecule has 0 spiro atoms. The third-order valence-corrected chi connectivity index (χ3v) is 5.79. The van der Waals surface area contributed by atoms with Crippen molar-refractivity contribution in [2.24, 2.45) is 0 Å². The first-order valence-corrected chi connectivity index (χ1v) is 9.83. The number of anilines is 1. The van der Waals surface area contributed by atoms with Crippen LogP contribution in [-0.2, 0) is 0 Å². The van der Waals surface area contributed by atoms with Gasteiger partial charge < -0.3 is 4.90 Å². The largest absolute Gasteiger partial charge is 0.324 e. The summed E-state index contributed by atoms with van der Waals surface area (Å²) in [6, 6.07) is 3.99. The number of fused-ring (bicyclic) bond motifs is 1. The number of hydrogen-bond acceptors (Lipinski definition) is 6. The zero-order chi connectivity index (χ0) is 17.5. The lowest BCUT2D eigenvalue weighted by Crippen LogP contribution is -2.40. The van der Waals surface area contributed by atoms with Gasteiger partial charge in [-0.05, 0) is 37.8 Å². The molecule has 3 aromatic heterocycles. The highest BCUT2D eigenvalue weighted by Gasteiger charge is 2.29. The average molecular weight is 369 g/mol. The van der Waals surface area contributed by atoms with Crippen LogP contribution in [0.4, 0.5) is 9.93 Å². The molecule has 1 N–H and O–H groups in total. The topological polar surface area (TPSA) is 88.3 Å². The maximum absolute atomic E-state index is 12.3. The molecule has 0 atom stereocenters. The Balaban J connectivity index is 1.28. The fourth-order valence-electron chi connectivity index (χ4n) is 3.47. The summed E-state index contributed by atoms with van der Waals surface area (Å²) in [5, 5.41) is 18.8. The van der Waals surface area contributed by atoms with Crippen molar-refractivity contribution in [3.63, 3.8) is 0 Å². The summed E-state index contributed by atoms with van der Waals surface area (Å²) in [7, 11) is 0. The van der Waals surface area contributed by atoms with Crippen molar-refractivity contribution in [2.45, 2.75) is 37.5 Å². The highest BCUT2D eigenvalue weighted by molar-refractivity contribution is 7.13. The molecule has 0 unspecified atom stereocenters. The lowest BCUT2D eigenvalue weighted by Gasteiger charge is -2.30. The second-order valence-corrected chi connectivity index (χ2v) is 7.78. The van der Waals surface area contributed by atoms with E-state index in [4.69, 9.17) is 5.10 Å². The van der Waals surface area contributed by atoms with E-state index in [0.29, 0.717) is 24.1 Å². The minimum absolute atomic E-state index is 0.0846. The molecule has 1 saturated heterocycles. The Morgan fingerprint density at radius 3 is 2.69 bits per heavy atom. The van der Waals surface area contributed by atoms with Gasteiger partial charge in [-0.3, -0.25) is 5.32 Å². The predicted molar refractivity (Wildman–Crippen MR) is 97.4 cm³/mol. The van der Waals surface area contributed by atoms with Crippen LogP contribution in [0.2, 0.25) is 0 Å². The maximum atomic E-state index is 12.3. The van der Waals surface area contributed by atoms with Crippen molar-refractivity contribution in [1.82, 2.24) is 29.7 Å². The van der Waals surface area contributed by atoms with Gasteiger partial charge in [0, 0.05) is 36.5 Å². The van der Waals surface area contributed by atoms with Crippen LogP contribution < -0.4 is 5.32 Å². The molecule has 2 aliphatic rings. The number of carbonyl (C=O) groups is 1. The van der Waals surface area contributed by atoms with Crippen molar-refractivity contribution in [3.05, 3.63) is 35.2 Å². The summed E-state index contributed by atoms with van der Waals surface area (Å²) in [6.45, 7) is 1.39. The Morgan fingerprint density at radius 2 is 1.96 bits per heavy atom. The Hall–Kier alpha value is -2.55. The molecule has 0 bridgehead atoms. The molecule has 134 valence electrons. The zero-order valence-electron chi connectivity index (χ0n) is 14.2. The van der Waals surface area contributed by atoms with E-state index < -0.39 is 0 Å². The van der Waals surface area contributed by atoms with Crippen LogP contribution in [-0.4, -0.2) is 48.8 Å². The number of carbonyl (C=O) groups excluding carboxylic acids is 1. The van der Waals surface area contributed by atoms with E-state index in [2.05, 4.69) is 26.6 Å². The molecular formula is C17H19N7OS. The molecule has 1 saturated carbocycles. The van der Waals surface area contributed by atoms with Crippen molar-refractivity contribution in [3.8, 4) is 0 Å². The fourth-order valence-corrected chi connectivity index (χ4v) is 3.99. The molecule has 3 aromatic rings. The maximum Gasteiger partial charge on any atom is 0.323 e. The Kier molecular flexibility index (Phi) is 3.81. The molecule has 0 radical (unpaired) electrons. The summed E-state index contributed by atoms with van der Waals surface area (Å²) < 4.78 is 1.91. The fraction of sp³-hybridized carbons (Fsp3) is 0.471. The molecule has 26 heavy (non-hydrogen) atoms. The van der Waals surface area contributed by atoms with Crippen LogP contribution in [0.5, 0.6) is 0 Å². The number of piperidine rings is 1. The number of hydrogen-bond donors (Lipinski definition) is 1. The molecule has 0 aromatic carbocycles. The third-order valence-electron chi connectivity index (χ3n) is 5.10. The van der Waals surface area contributed by atoms with Crippen molar-refractivity contribution < 1.29 is 4.79 Å². The number of urea groups is 1. The van der Waals surface area contributed by atoms with Crippen LogP contribution >= 0.6 is 11.3 Å². The van der Waals surface area contributed by atoms with Crippen LogP contribution in [0.3, 0.4) is 0 Å². The lowest BCUT2D eigenvalue weighted by molar-refractivity contribution is 0.193. The summed E-state index contributed by atoms with van der Waals surface area (Å²) in [4.78, 5) is 18.3. The van der Waals surface area contributed by atoms with Gasteiger partial charge in [0.1, 0.15) is 0 Å². The molecule has 2 amide bonds. The Morgan fingerprint density at radius 1 is 1.12 bits per heavy atom. The van der Waals surface area contributed by atoms with E-state index in [1.54, 1.807) is 6.20 Å². The van der Waals surface area contributed by atoms with Crippen molar-refractivity contribution >= 4 is 28.1 Å². The molecule has 1 aliphatic heterocycles. The van der Waals surface area contributed by atoms with E-state index in [1.165, 1.54) is 24.2 Å². The minimum Gasteiger partial charge on any atom is -0.324 e. The number of aromatic nitrogens is 5. The van der Waals surface area contributed by atoms with Gasteiger partial charge in [-0.25, -0.2) is 9.78 Å². The zero-order valence-corrected chi connectivity index (χ0v) is 15.0. The van der Waals surface area contributed by atoms with Crippen molar-refractivity contribution in [2.75, 3.05) is 18.4 Å². The number of rotatable bonds is 3. The summed E-state index contributed by atoms with van der Waals surface area (Å²) >= 11 is 1.42. The number of nitrogens with zero attached hydrogens (tertiary/aromatic N) is 6. The normalized spacial score (nSPS) is 18.4. The quantitative estimate of drug-likeness (QED) is 0.767. The number of likely N-dealkylation sites (tertiary alicyclic amines) is 1. The van der Waals surface area contributed by atoms with E-state index in [0.717, 1.165) is 30.0 Å². The van der Waals surface area contributed by atoms with Gasteiger partial charge >= 0.3 is 6.03 Å². The molecule has 9 heteroatoms. The molecule has 2 fully saturated rings. The minimum atomic E-state index is -0.0846. The summed E-state index contributed by atoms with van der Waals surface area (Å²) in [5.41, 5.74) is 1.94. The average Bonchev–Trinajstić information content (AvgIpc) is 3.24. The lowest BCUT2D eigenvalue weighted by atomic mass is 9.96. The molecule has 4 heterocycles. The standard InChI is InChI=1S/C17H19N7OS/c25-17(19-16-18-7-10-26-16)23-8-5-12(6-9-23)15-21-20-14-4-3-13(11-1-2-11)22-24(14)15/h3-4,7,10-12H,1-2,5-6,8-9H2,(H,18,19,25). The molecular weight excluding hydrogens is 350 g/mol. The molecule has 1 aliphatic carbocycles. The third kappa shape index (κ3) is 2.92. The van der Waals surface area contributed by atoms with E-state index in [1.807, 2.05) is 20.9 Å². The van der Waals surface area contributed by atoms with Gasteiger partial charge in [0.2, 0.25) is 0 Å². The number of amides is 2. The summed E-state index contributed by atoms with van der Waals surface area (Å²) in [5.74, 6) is 1.80. The monoisotopic (exact) mass is 369 g/mol. The predicted octanol–water partition coefficient (Wildman–Crippen LogP) is 2.87. The van der Waals surface area contributed by atoms with Crippen LogP contribution in [0.15, 0.2) is 23.7 Å². The Bertz CT molecular complexity index is 926. The van der Waals surface area contributed by atoms with E-state index in [9.17, 15) is 4.79 Å². The van der Waals surface area contributed by atoms with Gasteiger partial charge in [-0.2, -0.15) is 9.61 Å². The van der Waals surface area contributed by atoms with Crippen LogP contribution in [0.1, 0.15) is 49.0 Å². The van der Waals surface area contributed by atoms with Gasteiger partial charge in [0.15, 0.2) is 16.6 Å². The smallest absolute Gasteiger partial charge is 0.323 e. The van der Waals surface area contributed by atoms with Crippen molar-refractivity contribution in [1.29, 1.82) is 0 Å². The van der Waals surface area contributed by atoms with Gasteiger partial charge in [0.05, 0.1) is 5.69 Å². The van der Waals surface area contributed by atoms with E-state index >= 15 is 0 Å². The van der Waals surface area contributed by atoms with Gasteiger partial charge in [-0.15, -0.1) is 21.5 Å². The molecule has 8 nitrogen and oxygen atoms in total. The second kappa shape index (κ2) is 6.31. The van der Waals surface area contributed by atoms with Crippen LogP contribution in [0.25, 0.3) is 5.65 Å². The Labute approximate surface area is 154 Å². The van der Waals surface area contributed by atoms with E-state index in [-0.39, 0.29) is 11.9 Å². The second-order valence-electron chi connectivity index (χ2n) is 6.89. The van der Waals surface area contributed by atoms with Gasteiger partial charge in [0.25, 0.3) is 0 Å².